The number of rotatable bonds is 7. The number of hydrogen-bond donors (Lipinski definition) is 1. The minimum Gasteiger partial charge on any atom is -0.492 e. The molecule has 7 nitrogen and oxygen atoms in total. The molecule has 1 fully saturated rings. The van der Waals surface area contributed by atoms with Crippen LogP contribution in [0.15, 0.2) is 30.3 Å². The minimum atomic E-state index is -1.68. The van der Waals surface area contributed by atoms with Crippen molar-refractivity contribution in [1.82, 2.24) is 14.7 Å². The first-order valence-electron chi connectivity index (χ1n) is 11.1. The summed E-state index contributed by atoms with van der Waals surface area (Å²) in [5.41, 5.74) is 1.35. The van der Waals surface area contributed by atoms with Crippen LogP contribution in [0.1, 0.15) is 45.7 Å². The second kappa shape index (κ2) is 11.2. The van der Waals surface area contributed by atoms with Crippen LogP contribution < -0.4 is 10.1 Å². The van der Waals surface area contributed by atoms with Gasteiger partial charge in [0.05, 0.1) is 11.4 Å². The Balaban J connectivity index is 1.68. The molecular formula is C23H31Cl3N4O3. The van der Waals surface area contributed by atoms with Crippen LogP contribution in [0.25, 0.3) is 5.69 Å². The zero-order chi connectivity index (χ0) is 24.1. The summed E-state index contributed by atoms with van der Waals surface area (Å²) in [6.45, 7) is 9.65. The summed E-state index contributed by atoms with van der Waals surface area (Å²) in [7, 11) is 0. The summed E-state index contributed by atoms with van der Waals surface area (Å²) in [6.07, 6.45) is 3.12. The van der Waals surface area contributed by atoms with Gasteiger partial charge in [-0.3, -0.25) is 10.2 Å². The van der Waals surface area contributed by atoms with Crippen LogP contribution in [-0.2, 0) is 10.2 Å². The number of benzene rings is 1. The second-order valence-corrected chi connectivity index (χ2v) is 11.7. The number of likely N-dealkylation sites (tertiary alicyclic amines) is 1. The van der Waals surface area contributed by atoms with Crippen molar-refractivity contribution in [3.63, 3.8) is 0 Å². The molecule has 1 aromatic heterocycles. The summed E-state index contributed by atoms with van der Waals surface area (Å²) < 4.78 is 10.9. The summed E-state index contributed by atoms with van der Waals surface area (Å²) in [5, 5.41) is 7.37. The van der Waals surface area contributed by atoms with Gasteiger partial charge < -0.3 is 9.47 Å². The highest BCUT2D eigenvalue weighted by Crippen LogP contribution is 2.28. The van der Waals surface area contributed by atoms with E-state index < -0.39 is 9.89 Å². The predicted molar refractivity (Wildman–Crippen MR) is 133 cm³/mol. The molecule has 10 heteroatoms. The number of alkyl halides is 3. The number of amides is 1. The van der Waals surface area contributed by atoms with Gasteiger partial charge in [-0.2, -0.15) is 5.10 Å². The fraction of sp³-hybridized carbons (Fsp3) is 0.565. The van der Waals surface area contributed by atoms with E-state index in [1.54, 1.807) is 10.7 Å². The molecule has 3 rings (SSSR count). The summed E-state index contributed by atoms with van der Waals surface area (Å²) >= 11 is 17.0. The first-order chi connectivity index (χ1) is 15.5. The Labute approximate surface area is 210 Å². The first kappa shape index (κ1) is 25.9. The number of nitrogens with zero attached hydrogens (tertiary/aromatic N) is 3. The number of carbonyl (C=O) groups is 1. The van der Waals surface area contributed by atoms with Crippen molar-refractivity contribution in [2.45, 2.75) is 49.2 Å². The SMILES string of the molecule is CC(C)(C)c1cc(NC(=O)OCC(Cl)(Cl)Cl)n(-c2ccc(OCCN3CCCCC3)cc2)n1. The fourth-order valence-electron chi connectivity index (χ4n) is 3.48. The van der Waals surface area contributed by atoms with Gasteiger partial charge in [0.2, 0.25) is 3.79 Å². The van der Waals surface area contributed by atoms with Crippen LogP contribution >= 0.6 is 34.8 Å². The molecule has 0 atom stereocenters. The number of halogens is 3. The number of piperidine rings is 1. The van der Waals surface area contributed by atoms with Gasteiger partial charge in [-0.1, -0.05) is 62.0 Å². The smallest absolute Gasteiger partial charge is 0.412 e. The summed E-state index contributed by atoms with van der Waals surface area (Å²) in [5.74, 6) is 1.24. The molecule has 1 aliphatic rings. The Kier molecular flexibility index (Phi) is 8.78. The lowest BCUT2D eigenvalue weighted by atomic mass is 9.92. The normalized spacial score (nSPS) is 15.3. The Morgan fingerprint density at radius 3 is 2.36 bits per heavy atom. The Morgan fingerprint density at radius 1 is 1.09 bits per heavy atom. The highest BCUT2D eigenvalue weighted by Gasteiger charge is 2.24. The third-order valence-corrected chi connectivity index (χ3v) is 5.61. The molecule has 1 saturated heterocycles. The topological polar surface area (TPSA) is 68.6 Å². The van der Waals surface area contributed by atoms with Gasteiger partial charge in [-0.15, -0.1) is 0 Å². The molecule has 1 aliphatic heterocycles. The molecule has 1 N–H and O–H groups in total. The molecule has 0 bridgehead atoms. The molecule has 0 unspecified atom stereocenters. The third kappa shape index (κ3) is 8.25. The highest BCUT2D eigenvalue weighted by atomic mass is 35.6. The maximum absolute atomic E-state index is 12.2. The molecule has 0 radical (unpaired) electrons. The number of hydrogen-bond acceptors (Lipinski definition) is 5. The van der Waals surface area contributed by atoms with E-state index in [0.717, 1.165) is 36.8 Å². The monoisotopic (exact) mass is 516 g/mol. The molecule has 33 heavy (non-hydrogen) atoms. The van der Waals surface area contributed by atoms with E-state index >= 15 is 0 Å². The minimum absolute atomic E-state index is 0.222. The van der Waals surface area contributed by atoms with Crippen LogP contribution in [0.5, 0.6) is 5.75 Å². The first-order valence-corrected chi connectivity index (χ1v) is 12.2. The molecule has 1 aromatic carbocycles. The average molecular weight is 518 g/mol. The molecule has 1 amide bonds. The van der Waals surface area contributed by atoms with Crippen molar-refractivity contribution in [3.8, 4) is 11.4 Å². The Morgan fingerprint density at radius 2 is 1.76 bits per heavy atom. The van der Waals surface area contributed by atoms with Crippen molar-refractivity contribution in [2.75, 3.05) is 38.2 Å². The number of ether oxygens (including phenoxy) is 2. The van der Waals surface area contributed by atoms with Gasteiger partial charge in [0.25, 0.3) is 0 Å². The van der Waals surface area contributed by atoms with E-state index in [-0.39, 0.29) is 12.0 Å². The Bertz CT molecular complexity index is 915. The van der Waals surface area contributed by atoms with Gasteiger partial charge in [-0.05, 0) is 50.2 Å². The van der Waals surface area contributed by atoms with E-state index in [9.17, 15) is 4.79 Å². The van der Waals surface area contributed by atoms with Gasteiger partial charge in [0, 0.05) is 18.0 Å². The van der Waals surface area contributed by atoms with Gasteiger partial charge >= 0.3 is 6.09 Å². The quantitative estimate of drug-likeness (QED) is 0.459. The lowest BCUT2D eigenvalue weighted by molar-refractivity contribution is 0.163. The van der Waals surface area contributed by atoms with E-state index in [2.05, 4.69) is 15.3 Å². The second-order valence-electron chi connectivity index (χ2n) is 9.14. The van der Waals surface area contributed by atoms with E-state index in [1.807, 2.05) is 45.0 Å². The summed E-state index contributed by atoms with van der Waals surface area (Å²) in [4.78, 5) is 14.7. The Hall–Kier alpha value is -1.67. The zero-order valence-electron chi connectivity index (χ0n) is 19.2. The molecule has 0 saturated carbocycles. The van der Waals surface area contributed by atoms with Crippen LogP contribution in [0.4, 0.5) is 10.6 Å². The summed E-state index contributed by atoms with van der Waals surface area (Å²) in [6, 6.07) is 9.39. The molecule has 182 valence electrons. The van der Waals surface area contributed by atoms with Crippen molar-refractivity contribution in [1.29, 1.82) is 0 Å². The highest BCUT2D eigenvalue weighted by molar-refractivity contribution is 6.67. The van der Waals surface area contributed by atoms with Gasteiger partial charge in [-0.25, -0.2) is 9.48 Å². The number of aromatic nitrogens is 2. The molecular weight excluding hydrogens is 487 g/mol. The van der Waals surface area contributed by atoms with Crippen LogP contribution in [0.3, 0.4) is 0 Å². The lowest BCUT2D eigenvalue weighted by Gasteiger charge is -2.26. The third-order valence-electron chi connectivity index (χ3n) is 5.28. The van der Waals surface area contributed by atoms with E-state index in [1.165, 1.54) is 19.3 Å². The van der Waals surface area contributed by atoms with Gasteiger partial charge in [0.1, 0.15) is 24.8 Å². The number of nitrogens with one attached hydrogen (secondary N) is 1. The van der Waals surface area contributed by atoms with Crippen LogP contribution in [-0.4, -0.2) is 57.4 Å². The average Bonchev–Trinajstić information content (AvgIpc) is 3.17. The van der Waals surface area contributed by atoms with Crippen molar-refractivity contribution in [2.24, 2.45) is 0 Å². The van der Waals surface area contributed by atoms with Crippen LogP contribution in [0.2, 0.25) is 0 Å². The molecule has 2 heterocycles. The molecule has 0 spiro atoms. The maximum Gasteiger partial charge on any atom is 0.412 e. The van der Waals surface area contributed by atoms with Crippen molar-refractivity contribution in [3.05, 3.63) is 36.0 Å². The molecule has 0 aliphatic carbocycles. The molecule has 2 aromatic rings. The van der Waals surface area contributed by atoms with Crippen molar-refractivity contribution >= 4 is 46.7 Å². The standard InChI is InChI=1S/C23H31Cl3N4O3/c1-22(2,3)19-15-20(27-21(31)33-16-23(24,25)26)30(28-19)17-7-9-18(10-8-17)32-14-13-29-11-5-4-6-12-29/h7-10,15H,4-6,11-14,16H2,1-3H3,(H,27,31). The van der Waals surface area contributed by atoms with Crippen molar-refractivity contribution < 1.29 is 14.3 Å². The number of carbonyl (C=O) groups excluding carboxylic acids is 1. The van der Waals surface area contributed by atoms with E-state index in [0.29, 0.717) is 12.4 Å². The fourth-order valence-corrected chi connectivity index (χ4v) is 3.64. The number of anilines is 1. The van der Waals surface area contributed by atoms with Crippen LogP contribution in [0, 0.1) is 0 Å². The lowest BCUT2D eigenvalue weighted by Crippen LogP contribution is -2.33. The van der Waals surface area contributed by atoms with Gasteiger partial charge in [0.15, 0.2) is 0 Å². The zero-order valence-corrected chi connectivity index (χ0v) is 21.5. The van der Waals surface area contributed by atoms with E-state index in [4.69, 9.17) is 44.3 Å². The largest absolute Gasteiger partial charge is 0.492 e. The predicted octanol–water partition coefficient (Wildman–Crippen LogP) is 5.95. The maximum atomic E-state index is 12.2.